The maximum absolute atomic E-state index is 12.3. The van der Waals surface area contributed by atoms with Gasteiger partial charge in [0, 0.05) is 24.4 Å². The predicted molar refractivity (Wildman–Crippen MR) is 84.1 cm³/mol. The summed E-state index contributed by atoms with van der Waals surface area (Å²) in [5.41, 5.74) is -0.293. The Morgan fingerprint density at radius 3 is 2.64 bits per heavy atom. The minimum atomic E-state index is -0.293. The number of amides is 2. The Kier molecular flexibility index (Phi) is 5.90. The molecule has 0 spiro atoms. The van der Waals surface area contributed by atoms with E-state index in [2.05, 4.69) is 15.6 Å². The smallest absolute Gasteiger partial charge is 0.226 e. The van der Waals surface area contributed by atoms with Gasteiger partial charge in [0.05, 0.1) is 6.07 Å². The average molecular weight is 320 g/mol. The largest absolute Gasteiger partial charge is 0.343 e. The van der Waals surface area contributed by atoms with Gasteiger partial charge >= 0.3 is 0 Å². The summed E-state index contributed by atoms with van der Waals surface area (Å²) in [6, 6.07) is 1.90. The summed E-state index contributed by atoms with van der Waals surface area (Å²) in [5.74, 6) is -0.240. The molecule has 0 unspecified atom stereocenters. The molecule has 2 amide bonds. The Hall–Kier alpha value is -1.94. The van der Waals surface area contributed by atoms with Crippen molar-refractivity contribution in [2.45, 2.75) is 44.9 Å². The van der Waals surface area contributed by atoms with E-state index in [1.54, 1.807) is 11.6 Å². The molecule has 118 valence electrons. The van der Waals surface area contributed by atoms with Crippen molar-refractivity contribution in [2.24, 2.45) is 5.41 Å². The average Bonchev–Trinajstić information content (AvgIpc) is 2.98. The number of carbonyl (C=O) groups is 2. The Bertz CT molecular complexity index is 544. The molecule has 0 saturated heterocycles. The van der Waals surface area contributed by atoms with Gasteiger partial charge in [-0.15, -0.1) is 11.3 Å². The van der Waals surface area contributed by atoms with Gasteiger partial charge in [0.25, 0.3) is 0 Å². The molecule has 1 heterocycles. The van der Waals surface area contributed by atoms with Gasteiger partial charge in [0.15, 0.2) is 5.13 Å². The first-order valence-corrected chi connectivity index (χ1v) is 8.34. The molecule has 1 aromatic rings. The van der Waals surface area contributed by atoms with Gasteiger partial charge < -0.3 is 10.6 Å². The first kappa shape index (κ1) is 16.4. The van der Waals surface area contributed by atoms with Crippen LogP contribution in [-0.2, 0) is 9.59 Å². The minimum absolute atomic E-state index is 0.0141. The number of rotatable bonds is 6. The molecule has 1 aromatic heterocycles. The van der Waals surface area contributed by atoms with Crippen molar-refractivity contribution in [3.05, 3.63) is 11.6 Å². The lowest BCUT2D eigenvalue weighted by molar-refractivity contribution is -0.125. The van der Waals surface area contributed by atoms with Crippen LogP contribution < -0.4 is 10.6 Å². The molecule has 7 heteroatoms. The second-order valence-electron chi connectivity index (χ2n) is 5.73. The lowest BCUT2D eigenvalue weighted by Gasteiger charge is -2.36. The fourth-order valence-corrected chi connectivity index (χ4v) is 3.59. The van der Waals surface area contributed by atoms with Gasteiger partial charge in [-0.25, -0.2) is 4.98 Å². The molecule has 1 aliphatic carbocycles. The number of aromatic nitrogens is 1. The molecule has 1 saturated carbocycles. The number of anilines is 1. The van der Waals surface area contributed by atoms with Crippen LogP contribution in [-0.4, -0.2) is 23.3 Å². The van der Waals surface area contributed by atoms with Gasteiger partial charge in [0.1, 0.15) is 6.54 Å². The van der Waals surface area contributed by atoms with Crippen LogP contribution in [0, 0.1) is 16.7 Å². The van der Waals surface area contributed by atoms with Gasteiger partial charge in [-0.2, -0.15) is 5.26 Å². The zero-order valence-corrected chi connectivity index (χ0v) is 13.2. The third-order valence-corrected chi connectivity index (χ3v) is 4.72. The van der Waals surface area contributed by atoms with Crippen LogP contribution >= 0.6 is 11.3 Å². The van der Waals surface area contributed by atoms with E-state index in [4.69, 9.17) is 5.26 Å². The van der Waals surface area contributed by atoms with E-state index in [0.29, 0.717) is 18.0 Å². The highest BCUT2D eigenvalue weighted by Gasteiger charge is 2.36. The predicted octanol–water partition coefficient (Wildman–Crippen LogP) is 2.45. The highest BCUT2D eigenvalue weighted by molar-refractivity contribution is 7.13. The van der Waals surface area contributed by atoms with E-state index in [0.717, 1.165) is 32.1 Å². The van der Waals surface area contributed by atoms with Gasteiger partial charge in [-0.05, 0) is 18.3 Å². The zero-order valence-electron chi connectivity index (χ0n) is 12.4. The normalized spacial score (nSPS) is 16.5. The van der Waals surface area contributed by atoms with Crippen LogP contribution in [0.2, 0.25) is 0 Å². The highest BCUT2D eigenvalue weighted by Crippen LogP contribution is 2.42. The fourth-order valence-electron chi connectivity index (χ4n) is 3.05. The number of thiazole rings is 1. The third kappa shape index (κ3) is 4.81. The Morgan fingerprint density at radius 1 is 1.27 bits per heavy atom. The Morgan fingerprint density at radius 2 is 2.00 bits per heavy atom. The second-order valence-corrected chi connectivity index (χ2v) is 6.63. The number of hydrogen-bond donors (Lipinski definition) is 2. The van der Waals surface area contributed by atoms with Crippen molar-refractivity contribution in [1.29, 1.82) is 5.26 Å². The molecule has 1 aliphatic rings. The van der Waals surface area contributed by atoms with Gasteiger partial charge in [0.2, 0.25) is 11.8 Å². The van der Waals surface area contributed by atoms with Crippen molar-refractivity contribution in [1.82, 2.24) is 10.3 Å². The maximum atomic E-state index is 12.3. The van der Waals surface area contributed by atoms with Crippen molar-refractivity contribution in [3.8, 4) is 6.07 Å². The summed E-state index contributed by atoms with van der Waals surface area (Å²) in [6.07, 6.45) is 7.25. The molecular weight excluding hydrogens is 300 g/mol. The van der Waals surface area contributed by atoms with Gasteiger partial charge in [-0.3, -0.25) is 9.59 Å². The quantitative estimate of drug-likeness (QED) is 0.787. The summed E-state index contributed by atoms with van der Waals surface area (Å²) in [5, 5.41) is 16.3. The van der Waals surface area contributed by atoms with Crippen LogP contribution in [0.5, 0.6) is 0 Å². The number of nitrogens with one attached hydrogen (secondary N) is 2. The number of hydrogen-bond acceptors (Lipinski definition) is 5. The summed E-state index contributed by atoms with van der Waals surface area (Å²) in [7, 11) is 0. The van der Waals surface area contributed by atoms with Crippen LogP contribution in [0.4, 0.5) is 5.13 Å². The first-order valence-electron chi connectivity index (χ1n) is 7.47. The molecule has 0 bridgehead atoms. The van der Waals surface area contributed by atoms with Crippen LogP contribution in [0.1, 0.15) is 44.9 Å². The highest BCUT2D eigenvalue weighted by atomic mass is 32.1. The minimum Gasteiger partial charge on any atom is -0.343 e. The van der Waals surface area contributed by atoms with E-state index < -0.39 is 0 Å². The van der Waals surface area contributed by atoms with Crippen molar-refractivity contribution in [2.75, 3.05) is 11.9 Å². The summed E-state index contributed by atoms with van der Waals surface area (Å²) < 4.78 is 0. The second kappa shape index (κ2) is 7.90. The molecule has 0 atom stereocenters. The van der Waals surface area contributed by atoms with Crippen LogP contribution in [0.15, 0.2) is 11.6 Å². The number of carbonyl (C=O) groups excluding carboxylic acids is 2. The maximum Gasteiger partial charge on any atom is 0.226 e. The zero-order chi connectivity index (χ0) is 15.8. The molecule has 2 N–H and O–H groups in total. The first-order chi connectivity index (χ1) is 10.6. The van der Waals surface area contributed by atoms with Crippen LogP contribution in [0.25, 0.3) is 0 Å². The fraction of sp³-hybridized carbons (Fsp3) is 0.600. The summed E-state index contributed by atoms with van der Waals surface area (Å²) in [4.78, 5) is 28.3. The van der Waals surface area contributed by atoms with E-state index >= 15 is 0 Å². The van der Waals surface area contributed by atoms with Crippen LogP contribution in [0.3, 0.4) is 0 Å². The lowest BCUT2D eigenvalue weighted by Crippen LogP contribution is -2.36. The number of nitriles is 1. The summed E-state index contributed by atoms with van der Waals surface area (Å²) in [6.45, 7) is 0.0141. The van der Waals surface area contributed by atoms with Crippen molar-refractivity contribution >= 4 is 28.3 Å². The molecule has 22 heavy (non-hydrogen) atoms. The molecule has 2 rings (SSSR count). The molecule has 1 fully saturated rings. The van der Waals surface area contributed by atoms with Crippen molar-refractivity contribution in [3.63, 3.8) is 0 Å². The topological polar surface area (TPSA) is 94.9 Å². The summed E-state index contributed by atoms with van der Waals surface area (Å²) >= 11 is 1.38. The Labute approximate surface area is 133 Å². The lowest BCUT2D eigenvalue weighted by atomic mass is 9.69. The Balaban J connectivity index is 1.97. The standard InChI is InChI=1S/C15H20N4O2S/c16-6-7-17-12(20)10-15(4-2-1-3-5-15)11-13(21)19-14-18-8-9-22-14/h8-9H,1-5,7,10-11H2,(H,17,20)(H,18,19,21). The van der Waals surface area contributed by atoms with E-state index in [1.807, 2.05) is 6.07 Å². The SMILES string of the molecule is N#CCNC(=O)CC1(CC(=O)Nc2nccs2)CCCCC1. The third-order valence-electron chi connectivity index (χ3n) is 4.03. The molecular formula is C15H20N4O2S. The monoisotopic (exact) mass is 320 g/mol. The molecule has 0 aliphatic heterocycles. The molecule has 0 aromatic carbocycles. The van der Waals surface area contributed by atoms with E-state index in [9.17, 15) is 9.59 Å². The van der Waals surface area contributed by atoms with E-state index in [-0.39, 0.29) is 23.8 Å². The van der Waals surface area contributed by atoms with Gasteiger partial charge in [-0.1, -0.05) is 19.3 Å². The molecule has 0 radical (unpaired) electrons. The molecule has 6 nitrogen and oxygen atoms in total. The van der Waals surface area contributed by atoms with Crippen molar-refractivity contribution < 1.29 is 9.59 Å². The van der Waals surface area contributed by atoms with E-state index in [1.165, 1.54) is 11.3 Å². The number of nitrogens with zero attached hydrogens (tertiary/aromatic N) is 2.